The number of nitrogens with zero attached hydrogens (tertiary/aromatic N) is 2. The number of carbonyl (C=O) groups is 1. The summed E-state index contributed by atoms with van der Waals surface area (Å²) >= 11 is 0. The largest absolute Gasteiger partial charge is 0.383 e. The molecule has 0 radical (unpaired) electrons. The van der Waals surface area contributed by atoms with Gasteiger partial charge in [-0.25, -0.2) is 0 Å². The lowest BCUT2D eigenvalue weighted by atomic mass is 10.3. The summed E-state index contributed by atoms with van der Waals surface area (Å²) in [4.78, 5) is 11.3. The number of hydrogen-bond donors (Lipinski definition) is 2. The number of rotatable bonds is 4. The number of ether oxygens (including phenoxy) is 1. The lowest BCUT2D eigenvalue weighted by Gasteiger charge is -2.08. The van der Waals surface area contributed by atoms with Crippen molar-refractivity contribution in [3.8, 4) is 0 Å². The third-order valence-electron chi connectivity index (χ3n) is 1.65. The predicted molar refractivity (Wildman–Crippen MR) is 51.7 cm³/mol. The van der Waals surface area contributed by atoms with Crippen LogP contribution in [-0.4, -0.2) is 35.4 Å². The van der Waals surface area contributed by atoms with E-state index in [1.165, 1.54) is 7.11 Å². The maximum absolute atomic E-state index is 11.3. The quantitative estimate of drug-likeness (QED) is 0.672. The van der Waals surface area contributed by atoms with Gasteiger partial charge in [0.1, 0.15) is 6.04 Å². The third-order valence-corrected chi connectivity index (χ3v) is 1.65. The fraction of sp³-hybridized carbons (Fsp3) is 0.500. The van der Waals surface area contributed by atoms with Crippen molar-refractivity contribution in [3.05, 3.63) is 12.3 Å². The molecule has 0 bridgehead atoms. The number of aryl methyl sites for hydroxylation is 1. The van der Waals surface area contributed by atoms with Gasteiger partial charge in [0.15, 0.2) is 5.82 Å². The van der Waals surface area contributed by atoms with Crippen LogP contribution in [-0.2, 0) is 16.6 Å². The number of nitrogens with one attached hydrogen (secondary N) is 1. The van der Waals surface area contributed by atoms with E-state index in [2.05, 4.69) is 10.4 Å². The molecule has 0 aliphatic rings. The molecule has 1 amide bonds. The molecule has 0 fully saturated rings. The molecule has 0 saturated carbocycles. The minimum Gasteiger partial charge on any atom is -0.383 e. The third kappa shape index (κ3) is 2.82. The summed E-state index contributed by atoms with van der Waals surface area (Å²) in [5.74, 6) is 0.189. The van der Waals surface area contributed by atoms with Crippen molar-refractivity contribution >= 4 is 11.7 Å². The Bertz CT molecular complexity index is 310. The Morgan fingerprint density at radius 2 is 2.57 bits per heavy atom. The molecule has 1 atom stereocenters. The first-order chi connectivity index (χ1) is 6.63. The molecule has 6 nitrogen and oxygen atoms in total. The lowest BCUT2D eigenvalue weighted by Crippen LogP contribution is -2.39. The Morgan fingerprint density at radius 3 is 3.07 bits per heavy atom. The monoisotopic (exact) mass is 198 g/mol. The van der Waals surface area contributed by atoms with Gasteiger partial charge in [-0.1, -0.05) is 0 Å². The van der Waals surface area contributed by atoms with Crippen LogP contribution in [0.15, 0.2) is 12.3 Å². The first-order valence-electron chi connectivity index (χ1n) is 4.18. The van der Waals surface area contributed by atoms with E-state index in [9.17, 15) is 4.79 Å². The zero-order valence-corrected chi connectivity index (χ0v) is 8.23. The standard InChI is InChI=1S/C8H14N4O2/c1-12-4-3-7(11-12)10-8(13)6(9)5-14-2/h3-4,6H,5,9H2,1-2H3,(H,10,11,13). The highest BCUT2D eigenvalue weighted by molar-refractivity contribution is 5.93. The van der Waals surface area contributed by atoms with Gasteiger partial charge in [-0.2, -0.15) is 5.10 Å². The Labute approximate surface area is 82.0 Å². The van der Waals surface area contributed by atoms with E-state index in [4.69, 9.17) is 10.5 Å². The Balaban J connectivity index is 2.48. The van der Waals surface area contributed by atoms with Gasteiger partial charge in [0, 0.05) is 26.4 Å². The van der Waals surface area contributed by atoms with Gasteiger partial charge in [-0.3, -0.25) is 9.48 Å². The van der Waals surface area contributed by atoms with E-state index < -0.39 is 6.04 Å². The average Bonchev–Trinajstić information content (AvgIpc) is 2.51. The van der Waals surface area contributed by atoms with Crippen LogP contribution < -0.4 is 11.1 Å². The number of aromatic nitrogens is 2. The minimum atomic E-state index is -0.665. The fourth-order valence-electron chi connectivity index (χ4n) is 0.956. The molecule has 0 spiro atoms. The van der Waals surface area contributed by atoms with Gasteiger partial charge in [-0.05, 0) is 0 Å². The van der Waals surface area contributed by atoms with Crippen LogP contribution in [0.4, 0.5) is 5.82 Å². The maximum Gasteiger partial charge on any atom is 0.244 e. The summed E-state index contributed by atoms with van der Waals surface area (Å²) in [5.41, 5.74) is 5.51. The summed E-state index contributed by atoms with van der Waals surface area (Å²) in [6, 6.07) is 1.03. The number of anilines is 1. The van der Waals surface area contributed by atoms with Gasteiger partial charge in [0.05, 0.1) is 6.61 Å². The van der Waals surface area contributed by atoms with E-state index in [0.717, 1.165) is 0 Å². The summed E-state index contributed by atoms with van der Waals surface area (Å²) in [7, 11) is 3.26. The first kappa shape index (κ1) is 10.7. The van der Waals surface area contributed by atoms with Crippen LogP contribution in [0.3, 0.4) is 0 Å². The molecule has 1 aromatic rings. The van der Waals surface area contributed by atoms with Crippen LogP contribution in [0.2, 0.25) is 0 Å². The molecule has 14 heavy (non-hydrogen) atoms. The zero-order chi connectivity index (χ0) is 10.6. The van der Waals surface area contributed by atoms with E-state index >= 15 is 0 Å². The molecule has 0 saturated heterocycles. The summed E-state index contributed by atoms with van der Waals surface area (Å²) < 4.78 is 6.35. The van der Waals surface area contributed by atoms with Crippen LogP contribution in [0, 0.1) is 0 Å². The van der Waals surface area contributed by atoms with Crippen molar-refractivity contribution in [2.45, 2.75) is 6.04 Å². The maximum atomic E-state index is 11.3. The molecule has 0 aromatic carbocycles. The van der Waals surface area contributed by atoms with Crippen LogP contribution in [0.1, 0.15) is 0 Å². The van der Waals surface area contributed by atoms with Gasteiger partial charge >= 0.3 is 0 Å². The Hall–Kier alpha value is -1.40. The number of amides is 1. The zero-order valence-electron chi connectivity index (χ0n) is 8.23. The van der Waals surface area contributed by atoms with Gasteiger partial charge in [0.2, 0.25) is 5.91 Å². The normalized spacial score (nSPS) is 12.5. The smallest absolute Gasteiger partial charge is 0.244 e. The summed E-state index contributed by atoms with van der Waals surface area (Å²) in [5, 5.41) is 6.55. The number of nitrogens with two attached hydrogens (primary N) is 1. The molecule has 3 N–H and O–H groups in total. The second-order valence-corrected chi connectivity index (χ2v) is 2.93. The molecule has 0 aliphatic carbocycles. The Morgan fingerprint density at radius 1 is 1.86 bits per heavy atom. The van der Waals surface area contributed by atoms with Gasteiger partial charge in [0.25, 0.3) is 0 Å². The van der Waals surface area contributed by atoms with Crippen molar-refractivity contribution in [3.63, 3.8) is 0 Å². The van der Waals surface area contributed by atoms with Gasteiger partial charge < -0.3 is 15.8 Å². The second kappa shape index (κ2) is 4.73. The molecule has 1 heterocycles. The predicted octanol–water partition coefficient (Wildman–Crippen LogP) is -0.668. The van der Waals surface area contributed by atoms with Crippen molar-refractivity contribution in [2.75, 3.05) is 19.0 Å². The van der Waals surface area contributed by atoms with Crippen molar-refractivity contribution in [1.29, 1.82) is 0 Å². The molecular formula is C8H14N4O2. The summed E-state index contributed by atoms with van der Waals surface area (Å²) in [6.07, 6.45) is 1.73. The highest BCUT2D eigenvalue weighted by Gasteiger charge is 2.13. The van der Waals surface area contributed by atoms with Crippen molar-refractivity contribution in [2.24, 2.45) is 12.8 Å². The lowest BCUT2D eigenvalue weighted by molar-refractivity contribution is -0.118. The van der Waals surface area contributed by atoms with Crippen molar-refractivity contribution < 1.29 is 9.53 Å². The number of hydrogen-bond acceptors (Lipinski definition) is 4. The second-order valence-electron chi connectivity index (χ2n) is 2.93. The molecule has 1 aromatic heterocycles. The highest BCUT2D eigenvalue weighted by atomic mass is 16.5. The van der Waals surface area contributed by atoms with E-state index in [0.29, 0.717) is 5.82 Å². The van der Waals surface area contributed by atoms with Gasteiger partial charge in [-0.15, -0.1) is 0 Å². The Kier molecular flexibility index (Phi) is 3.61. The molecule has 0 aliphatic heterocycles. The van der Waals surface area contributed by atoms with E-state index in [1.807, 2.05) is 0 Å². The van der Waals surface area contributed by atoms with Crippen LogP contribution >= 0.6 is 0 Å². The van der Waals surface area contributed by atoms with Crippen molar-refractivity contribution in [1.82, 2.24) is 9.78 Å². The molecule has 1 rings (SSSR count). The van der Waals surface area contributed by atoms with Crippen LogP contribution in [0.25, 0.3) is 0 Å². The average molecular weight is 198 g/mol. The molecule has 78 valence electrons. The molecule has 6 heteroatoms. The van der Waals surface area contributed by atoms with E-state index in [1.54, 1.807) is 24.0 Å². The van der Waals surface area contributed by atoms with E-state index in [-0.39, 0.29) is 12.5 Å². The fourth-order valence-corrected chi connectivity index (χ4v) is 0.956. The summed E-state index contributed by atoms with van der Waals surface area (Å²) in [6.45, 7) is 0.193. The first-order valence-corrected chi connectivity index (χ1v) is 4.18. The molecule has 1 unspecified atom stereocenters. The molecular weight excluding hydrogens is 184 g/mol. The topological polar surface area (TPSA) is 82.2 Å². The van der Waals surface area contributed by atoms with Crippen LogP contribution in [0.5, 0.6) is 0 Å². The minimum absolute atomic E-state index is 0.193. The SMILES string of the molecule is COCC(N)C(=O)Nc1ccn(C)n1. The number of methoxy groups -OCH3 is 1. The number of carbonyl (C=O) groups excluding carboxylic acids is 1. The highest BCUT2D eigenvalue weighted by Crippen LogP contribution is 2.00.